The summed E-state index contributed by atoms with van der Waals surface area (Å²) < 4.78 is 13.1. The van der Waals surface area contributed by atoms with Crippen molar-refractivity contribution in [2.45, 2.75) is 44.6 Å². The van der Waals surface area contributed by atoms with E-state index in [0.29, 0.717) is 18.7 Å². The highest BCUT2D eigenvalue weighted by Gasteiger charge is 2.37. The predicted molar refractivity (Wildman–Crippen MR) is 90.7 cm³/mol. The van der Waals surface area contributed by atoms with Crippen molar-refractivity contribution in [1.29, 1.82) is 0 Å². The van der Waals surface area contributed by atoms with Crippen LogP contribution < -0.4 is 16.4 Å². The molecule has 2 amide bonds. The fourth-order valence-electron chi connectivity index (χ4n) is 3.19. The van der Waals surface area contributed by atoms with Gasteiger partial charge >= 0.3 is 0 Å². The Morgan fingerprint density at radius 2 is 2.04 bits per heavy atom. The first kappa shape index (κ1) is 18.4. The number of nitrogens with two attached hydrogens (primary N) is 1. The zero-order chi connectivity index (χ0) is 17.6. The van der Waals surface area contributed by atoms with Gasteiger partial charge < -0.3 is 16.4 Å². The van der Waals surface area contributed by atoms with Gasteiger partial charge in [-0.3, -0.25) is 9.59 Å². The number of hydrogen-bond donors (Lipinski definition) is 3. The molecule has 1 saturated carbocycles. The van der Waals surface area contributed by atoms with Gasteiger partial charge in [0.25, 0.3) is 0 Å². The normalized spacial score (nSPS) is 23.5. The number of carbonyl (C=O) groups excluding carboxylic acids is 2. The molecule has 1 aromatic carbocycles. The molecule has 4 N–H and O–H groups in total. The van der Waals surface area contributed by atoms with Gasteiger partial charge in [0, 0.05) is 18.6 Å². The van der Waals surface area contributed by atoms with Crippen molar-refractivity contribution in [2.24, 2.45) is 11.7 Å². The zero-order valence-corrected chi connectivity index (χ0v) is 14.1. The van der Waals surface area contributed by atoms with Crippen LogP contribution in [-0.2, 0) is 16.0 Å². The fraction of sp³-hybridized carbons (Fsp3) is 0.556. The van der Waals surface area contributed by atoms with E-state index in [-0.39, 0.29) is 30.0 Å². The van der Waals surface area contributed by atoms with E-state index in [1.807, 2.05) is 6.92 Å². The molecule has 0 radical (unpaired) electrons. The summed E-state index contributed by atoms with van der Waals surface area (Å²) in [6.45, 7) is 2.63. The molecule has 1 fully saturated rings. The maximum absolute atomic E-state index is 13.1. The standard InChI is InChI=1S/C18H26FN3O2/c1-18(20)8-3-2-7-15(18)17(24)22-10-9-21-16(23)12-13-5-4-6-14(19)11-13/h4-6,11,15H,2-3,7-10,12,20H2,1H3,(H,21,23)(H,22,24). The minimum absolute atomic E-state index is 0.0425. The first-order chi connectivity index (χ1) is 11.4. The van der Waals surface area contributed by atoms with Crippen molar-refractivity contribution in [3.05, 3.63) is 35.6 Å². The summed E-state index contributed by atoms with van der Waals surface area (Å²) in [6.07, 6.45) is 3.87. The summed E-state index contributed by atoms with van der Waals surface area (Å²) in [7, 11) is 0. The number of hydrogen-bond acceptors (Lipinski definition) is 3. The second kappa shape index (κ2) is 8.24. The molecule has 24 heavy (non-hydrogen) atoms. The highest BCUT2D eigenvalue weighted by molar-refractivity contribution is 5.80. The van der Waals surface area contributed by atoms with Crippen LogP contribution in [0, 0.1) is 11.7 Å². The molecule has 5 nitrogen and oxygen atoms in total. The molecule has 0 bridgehead atoms. The number of carbonyl (C=O) groups is 2. The molecular formula is C18H26FN3O2. The molecule has 1 aliphatic carbocycles. The lowest BCUT2D eigenvalue weighted by Crippen LogP contribution is -2.53. The van der Waals surface area contributed by atoms with E-state index in [0.717, 1.165) is 25.7 Å². The second-order valence-electron chi connectivity index (χ2n) is 6.75. The van der Waals surface area contributed by atoms with Gasteiger partial charge in [-0.05, 0) is 37.5 Å². The van der Waals surface area contributed by atoms with Gasteiger partial charge in [0.15, 0.2) is 0 Å². The van der Waals surface area contributed by atoms with E-state index in [9.17, 15) is 14.0 Å². The third kappa shape index (κ3) is 5.30. The topological polar surface area (TPSA) is 84.2 Å². The lowest BCUT2D eigenvalue weighted by Gasteiger charge is -2.37. The van der Waals surface area contributed by atoms with Crippen molar-refractivity contribution in [3.63, 3.8) is 0 Å². The third-order valence-corrected chi connectivity index (χ3v) is 4.57. The third-order valence-electron chi connectivity index (χ3n) is 4.57. The molecule has 132 valence electrons. The highest BCUT2D eigenvalue weighted by Crippen LogP contribution is 2.31. The van der Waals surface area contributed by atoms with Crippen LogP contribution in [0.2, 0.25) is 0 Å². The van der Waals surface area contributed by atoms with E-state index in [1.54, 1.807) is 12.1 Å². The van der Waals surface area contributed by atoms with Crippen molar-refractivity contribution in [1.82, 2.24) is 10.6 Å². The molecule has 2 atom stereocenters. The van der Waals surface area contributed by atoms with Crippen molar-refractivity contribution in [2.75, 3.05) is 13.1 Å². The average Bonchev–Trinajstić information content (AvgIpc) is 2.51. The van der Waals surface area contributed by atoms with Crippen LogP contribution in [0.4, 0.5) is 4.39 Å². The summed E-state index contributed by atoms with van der Waals surface area (Å²) in [5.74, 6) is -0.769. The van der Waals surface area contributed by atoms with Gasteiger partial charge in [-0.2, -0.15) is 0 Å². The molecule has 0 aromatic heterocycles. The van der Waals surface area contributed by atoms with Crippen molar-refractivity contribution < 1.29 is 14.0 Å². The monoisotopic (exact) mass is 335 g/mol. The zero-order valence-electron chi connectivity index (χ0n) is 14.1. The number of rotatable bonds is 6. The van der Waals surface area contributed by atoms with Crippen molar-refractivity contribution >= 4 is 11.8 Å². The van der Waals surface area contributed by atoms with Crippen LogP contribution in [0.25, 0.3) is 0 Å². The number of amides is 2. The molecule has 1 aromatic rings. The van der Waals surface area contributed by atoms with Gasteiger partial charge in [-0.15, -0.1) is 0 Å². The Morgan fingerprint density at radius 3 is 2.75 bits per heavy atom. The lowest BCUT2D eigenvalue weighted by atomic mass is 9.74. The summed E-state index contributed by atoms with van der Waals surface area (Å²) in [5, 5.41) is 5.56. The van der Waals surface area contributed by atoms with E-state index >= 15 is 0 Å². The molecule has 0 heterocycles. The van der Waals surface area contributed by atoms with Crippen LogP contribution >= 0.6 is 0 Å². The van der Waals surface area contributed by atoms with Crippen LogP contribution in [0.3, 0.4) is 0 Å². The smallest absolute Gasteiger partial charge is 0.225 e. The first-order valence-corrected chi connectivity index (χ1v) is 8.46. The van der Waals surface area contributed by atoms with Crippen LogP contribution in [0.15, 0.2) is 24.3 Å². The maximum atomic E-state index is 13.1. The minimum atomic E-state index is -0.455. The van der Waals surface area contributed by atoms with E-state index in [1.165, 1.54) is 12.1 Å². The summed E-state index contributed by atoms with van der Waals surface area (Å²) in [6, 6.07) is 5.96. The Bertz CT molecular complexity index is 589. The minimum Gasteiger partial charge on any atom is -0.354 e. The Balaban J connectivity index is 1.68. The van der Waals surface area contributed by atoms with Crippen LogP contribution in [0.5, 0.6) is 0 Å². The van der Waals surface area contributed by atoms with Gasteiger partial charge in [0.05, 0.1) is 12.3 Å². The molecule has 0 aliphatic heterocycles. The lowest BCUT2D eigenvalue weighted by molar-refractivity contribution is -0.128. The van der Waals surface area contributed by atoms with Gasteiger partial charge in [-0.25, -0.2) is 4.39 Å². The van der Waals surface area contributed by atoms with Gasteiger partial charge in [0.2, 0.25) is 11.8 Å². The molecule has 2 rings (SSSR count). The number of nitrogens with one attached hydrogen (secondary N) is 2. The van der Waals surface area contributed by atoms with Crippen LogP contribution in [0.1, 0.15) is 38.2 Å². The average molecular weight is 335 g/mol. The predicted octanol–water partition coefficient (Wildman–Crippen LogP) is 1.51. The molecule has 0 spiro atoms. The summed E-state index contributed by atoms with van der Waals surface area (Å²) in [4.78, 5) is 24.0. The quantitative estimate of drug-likeness (QED) is 0.689. The molecule has 6 heteroatoms. The summed E-state index contributed by atoms with van der Waals surface area (Å²) in [5.41, 5.74) is 6.38. The Hall–Kier alpha value is -1.95. The Morgan fingerprint density at radius 1 is 1.29 bits per heavy atom. The molecule has 1 aliphatic rings. The molecular weight excluding hydrogens is 309 g/mol. The second-order valence-corrected chi connectivity index (χ2v) is 6.75. The largest absolute Gasteiger partial charge is 0.354 e. The highest BCUT2D eigenvalue weighted by atomic mass is 19.1. The van der Waals surface area contributed by atoms with E-state index in [4.69, 9.17) is 5.73 Å². The molecule has 2 unspecified atom stereocenters. The van der Waals surface area contributed by atoms with E-state index in [2.05, 4.69) is 10.6 Å². The van der Waals surface area contributed by atoms with Crippen LogP contribution in [-0.4, -0.2) is 30.4 Å². The SMILES string of the molecule is CC1(N)CCCCC1C(=O)NCCNC(=O)Cc1cccc(F)c1. The Kier molecular flexibility index (Phi) is 6.31. The van der Waals surface area contributed by atoms with Gasteiger partial charge in [0.1, 0.15) is 5.82 Å². The van der Waals surface area contributed by atoms with Crippen molar-refractivity contribution in [3.8, 4) is 0 Å². The number of benzene rings is 1. The van der Waals surface area contributed by atoms with Gasteiger partial charge in [-0.1, -0.05) is 25.0 Å². The molecule has 0 saturated heterocycles. The maximum Gasteiger partial charge on any atom is 0.225 e. The summed E-state index contributed by atoms with van der Waals surface area (Å²) >= 11 is 0. The first-order valence-electron chi connectivity index (χ1n) is 8.46. The number of halogens is 1. The van der Waals surface area contributed by atoms with E-state index < -0.39 is 5.54 Å². The fourth-order valence-corrected chi connectivity index (χ4v) is 3.19. The Labute approximate surface area is 142 Å².